The Labute approximate surface area is 98.4 Å². The predicted molar refractivity (Wildman–Crippen MR) is 58.8 cm³/mol. The van der Waals surface area contributed by atoms with Gasteiger partial charge >= 0.3 is 0 Å². The highest BCUT2D eigenvalue weighted by Crippen LogP contribution is 2.27. The van der Waals surface area contributed by atoms with Crippen molar-refractivity contribution in [1.82, 2.24) is 9.78 Å². The molecule has 88 valence electrons. The second-order valence-electron chi connectivity index (χ2n) is 4.25. The predicted octanol–water partition coefficient (Wildman–Crippen LogP) is 0.581. The minimum absolute atomic E-state index is 0.0602. The molecule has 0 radical (unpaired) electrons. The van der Waals surface area contributed by atoms with Crippen LogP contribution in [0.3, 0.4) is 0 Å². The Morgan fingerprint density at radius 3 is 2.53 bits per heavy atom. The monoisotopic (exact) mass is 232 g/mol. The summed E-state index contributed by atoms with van der Waals surface area (Å²) in [6.07, 6.45) is 2.00. The van der Waals surface area contributed by atoms with Crippen molar-refractivity contribution in [3.63, 3.8) is 0 Å². The van der Waals surface area contributed by atoms with Gasteiger partial charge in [0.2, 0.25) is 11.8 Å². The summed E-state index contributed by atoms with van der Waals surface area (Å²) < 4.78 is 1.38. The van der Waals surface area contributed by atoms with Gasteiger partial charge in [-0.15, -0.1) is 0 Å². The van der Waals surface area contributed by atoms with Crippen LogP contribution in [0.25, 0.3) is 0 Å². The molecule has 0 aliphatic carbocycles. The fourth-order valence-corrected chi connectivity index (χ4v) is 2.00. The average Bonchev–Trinajstić information content (AvgIpc) is 2.59. The van der Waals surface area contributed by atoms with Crippen LogP contribution < -0.4 is 4.90 Å². The number of carbonyl (C=O) groups excluding carboxylic acids is 2. The number of piperidine rings is 1. The second kappa shape index (κ2) is 4.01. The van der Waals surface area contributed by atoms with Crippen LogP contribution in [0.15, 0.2) is 6.20 Å². The highest BCUT2D eigenvalue weighted by Gasteiger charge is 2.34. The Morgan fingerprint density at radius 1 is 1.41 bits per heavy atom. The van der Waals surface area contributed by atoms with Crippen molar-refractivity contribution in [2.45, 2.75) is 19.8 Å². The molecule has 2 rings (SSSR count). The molecule has 6 nitrogen and oxygen atoms in total. The topological polar surface area (TPSA) is 79.0 Å². The number of rotatable bonds is 1. The normalized spacial score (nSPS) is 17.4. The molecule has 1 aromatic heterocycles. The van der Waals surface area contributed by atoms with Crippen molar-refractivity contribution in [2.24, 2.45) is 13.0 Å². The van der Waals surface area contributed by atoms with Gasteiger partial charge in [-0.1, -0.05) is 6.92 Å². The van der Waals surface area contributed by atoms with Gasteiger partial charge in [0.1, 0.15) is 11.6 Å². The molecular weight excluding hydrogens is 220 g/mol. The molecule has 0 N–H and O–H groups in total. The zero-order valence-electron chi connectivity index (χ0n) is 9.67. The fourth-order valence-electron chi connectivity index (χ4n) is 2.00. The zero-order chi connectivity index (χ0) is 12.6. The quantitative estimate of drug-likeness (QED) is 0.663. The number of amides is 2. The number of nitriles is 1. The molecule has 17 heavy (non-hydrogen) atoms. The summed E-state index contributed by atoms with van der Waals surface area (Å²) in [6, 6.07) is 1.94. The fraction of sp³-hybridized carbons (Fsp3) is 0.455. The van der Waals surface area contributed by atoms with Crippen LogP contribution in [0.1, 0.15) is 25.3 Å². The Hall–Kier alpha value is -2.16. The number of carbonyl (C=O) groups is 2. The van der Waals surface area contributed by atoms with Crippen LogP contribution in [0.5, 0.6) is 0 Å². The summed E-state index contributed by atoms with van der Waals surface area (Å²) >= 11 is 0. The van der Waals surface area contributed by atoms with E-state index in [9.17, 15) is 9.59 Å². The molecule has 0 spiro atoms. The third kappa shape index (κ3) is 1.80. The average molecular weight is 232 g/mol. The van der Waals surface area contributed by atoms with E-state index in [0.29, 0.717) is 12.8 Å². The molecule has 1 aromatic rings. The van der Waals surface area contributed by atoms with Crippen LogP contribution in [-0.2, 0) is 16.6 Å². The van der Waals surface area contributed by atoms with E-state index < -0.39 is 0 Å². The van der Waals surface area contributed by atoms with Gasteiger partial charge in [-0.3, -0.25) is 14.3 Å². The number of nitrogens with zero attached hydrogens (tertiary/aromatic N) is 4. The van der Waals surface area contributed by atoms with Crippen LogP contribution in [-0.4, -0.2) is 21.6 Å². The highest BCUT2D eigenvalue weighted by atomic mass is 16.2. The van der Waals surface area contributed by atoms with E-state index in [1.54, 1.807) is 7.05 Å². The second-order valence-corrected chi connectivity index (χ2v) is 4.25. The van der Waals surface area contributed by atoms with Gasteiger partial charge in [-0.25, -0.2) is 4.90 Å². The summed E-state index contributed by atoms with van der Waals surface area (Å²) in [5.41, 5.74) is 0.240. The van der Waals surface area contributed by atoms with Crippen LogP contribution in [0, 0.1) is 17.2 Å². The van der Waals surface area contributed by atoms with E-state index in [1.807, 2.05) is 13.0 Å². The first-order valence-corrected chi connectivity index (χ1v) is 5.32. The van der Waals surface area contributed by atoms with Gasteiger partial charge in [0.25, 0.3) is 0 Å². The Morgan fingerprint density at radius 2 is 2.00 bits per heavy atom. The van der Waals surface area contributed by atoms with Crippen molar-refractivity contribution >= 4 is 17.6 Å². The largest absolute Gasteiger partial charge is 0.274 e. The first-order chi connectivity index (χ1) is 8.04. The summed E-state index contributed by atoms with van der Waals surface area (Å²) in [7, 11) is 1.61. The van der Waals surface area contributed by atoms with Gasteiger partial charge in [0, 0.05) is 19.9 Å². The first kappa shape index (κ1) is 11.3. The number of hydrogen-bond donors (Lipinski definition) is 0. The van der Waals surface area contributed by atoms with Gasteiger partial charge in [-0.2, -0.15) is 10.4 Å². The zero-order valence-corrected chi connectivity index (χ0v) is 9.67. The summed E-state index contributed by atoms with van der Waals surface area (Å²) in [5, 5.41) is 12.8. The van der Waals surface area contributed by atoms with E-state index in [2.05, 4.69) is 5.10 Å². The molecule has 0 bridgehead atoms. The molecule has 1 aliphatic heterocycles. The molecule has 1 fully saturated rings. The van der Waals surface area contributed by atoms with Crippen molar-refractivity contribution in [3.8, 4) is 6.07 Å². The number of imide groups is 1. The molecule has 1 aliphatic rings. The molecule has 0 atom stereocenters. The first-order valence-electron chi connectivity index (χ1n) is 5.32. The van der Waals surface area contributed by atoms with Crippen LogP contribution in [0.2, 0.25) is 0 Å². The highest BCUT2D eigenvalue weighted by molar-refractivity contribution is 6.16. The van der Waals surface area contributed by atoms with E-state index >= 15 is 0 Å². The lowest BCUT2D eigenvalue weighted by molar-refractivity contribution is -0.130. The lowest BCUT2D eigenvalue weighted by atomic mass is 9.97. The number of aromatic nitrogens is 2. The third-order valence-corrected chi connectivity index (χ3v) is 2.78. The molecule has 0 saturated carbocycles. The summed E-state index contributed by atoms with van der Waals surface area (Å²) in [4.78, 5) is 24.9. The molecule has 1 saturated heterocycles. The minimum Gasteiger partial charge on any atom is -0.274 e. The molecule has 6 heteroatoms. The van der Waals surface area contributed by atoms with Crippen molar-refractivity contribution in [2.75, 3.05) is 4.90 Å². The maximum atomic E-state index is 11.9. The number of aryl methyl sites for hydroxylation is 1. The Kier molecular flexibility index (Phi) is 2.68. The number of anilines is 1. The minimum atomic E-state index is -0.270. The van der Waals surface area contributed by atoms with Gasteiger partial charge < -0.3 is 0 Å². The Bertz CT molecular complexity index is 508. The lowest BCUT2D eigenvalue weighted by Crippen LogP contribution is -2.44. The van der Waals surface area contributed by atoms with Gasteiger partial charge in [0.05, 0.1) is 6.20 Å². The van der Waals surface area contributed by atoms with E-state index in [-0.39, 0.29) is 29.1 Å². The van der Waals surface area contributed by atoms with Crippen molar-refractivity contribution < 1.29 is 9.59 Å². The molecule has 0 unspecified atom stereocenters. The summed E-state index contributed by atoms with van der Waals surface area (Å²) in [5.74, 6) is -0.206. The van der Waals surface area contributed by atoms with E-state index in [0.717, 1.165) is 4.90 Å². The third-order valence-electron chi connectivity index (χ3n) is 2.78. The Balaban J connectivity index is 2.46. The smallest absolute Gasteiger partial charge is 0.235 e. The van der Waals surface area contributed by atoms with Crippen molar-refractivity contribution in [1.29, 1.82) is 5.26 Å². The van der Waals surface area contributed by atoms with E-state index in [1.165, 1.54) is 10.9 Å². The standard InChI is InChI=1S/C11H12N4O2/c1-7-3-9(16)15(10(17)4-7)11-8(5-12)6-13-14(11)2/h6-7H,3-4H2,1-2H3. The molecule has 2 heterocycles. The lowest BCUT2D eigenvalue weighted by Gasteiger charge is -2.28. The number of hydrogen-bond acceptors (Lipinski definition) is 4. The van der Waals surface area contributed by atoms with Gasteiger partial charge in [-0.05, 0) is 5.92 Å². The summed E-state index contributed by atoms with van der Waals surface area (Å²) in [6.45, 7) is 1.86. The SMILES string of the molecule is CC1CC(=O)N(c2c(C#N)cnn2C)C(=O)C1. The maximum Gasteiger partial charge on any atom is 0.235 e. The molecule has 0 aromatic carbocycles. The van der Waals surface area contributed by atoms with Crippen LogP contribution in [0.4, 0.5) is 5.82 Å². The molecule has 2 amide bonds. The van der Waals surface area contributed by atoms with Crippen molar-refractivity contribution in [3.05, 3.63) is 11.8 Å². The van der Waals surface area contributed by atoms with Crippen LogP contribution >= 0.6 is 0 Å². The maximum absolute atomic E-state index is 11.9. The van der Waals surface area contributed by atoms with E-state index in [4.69, 9.17) is 5.26 Å². The molecular formula is C11H12N4O2. The van der Waals surface area contributed by atoms with Gasteiger partial charge in [0.15, 0.2) is 5.82 Å².